The summed E-state index contributed by atoms with van der Waals surface area (Å²) in [6, 6.07) is 1.58. The monoisotopic (exact) mass is 252 g/mol. The van der Waals surface area contributed by atoms with Crippen LogP contribution in [0.4, 0.5) is 0 Å². The molecule has 0 amide bonds. The van der Waals surface area contributed by atoms with E-state index in [0.717, 1.165) is 25.0 Å². The van der Waals surface area contributed by atoms with Gasteiger partial charge in [0.15, 0.2) is 0 Å². The molecule has 1 unspecified atom stereocenters. The Labute approximate surface area is 109 Å². The highest BCUT2D eigenvalue weighted by atomic mass is 16.5. The van der Waals surface area contributed by atoms with E-state index in [1.807, 2.05) is 6.92 Å². The smallest absolute Gasteiger partial charge is 0.251 e. The zero-order valence-electron chi connectivity index (χ0n) is 11.8. The molecule has 102 valence electrons. The highest BCUT2D eigenvalue weighted by molar-refractivity contribution is 5.05. The minimum atomic E-state index is -0.0974. The van der Waals surface area contributed by atoms with Crippen LogP contribution in [0.25, 0.3) is 0 Å². The predicted molar refractivity (Wildman–Crippen MR) is 72.7 cm³/mol. The highest BCUT2D eigenvalue weighted by Gasteiger charge is 2.14. The molecule has 0 aliphatic heterocycles. The molecule has 0 saturated carbocycles. The van der Waals surface area contributed by atoms with Crippen molar-refractivity contribution >= 4 is 0 Å². The van der Waals surface area contributed by atoms with Crippen LogP contribution in [0.2, 0.25) is 0 Å². The van der Waals surface area contributed by atoms with Crippen LogP contribution in [0.15, 0.2) is 10.9 Å². The molecule has 1 aromatic rings. The van der Waals surface area contributed by atoms with Gasteiger partial charge in [-0.1, -0.05) is 27.2 Å². The van der Waals surface area contributed by atoms with E-state index in [2.05, 4.69) is 30.7 Å². The third kappa shape index (κ3) is 4.61. The van der Waals surface area contributed by atoms with E-state index in [0.29, 0.717) is 18.3 Å². The molecule has 1 rings (SSSR count). The largest absolute Gasteiger partial charge is 0.371 e. The predicted octanol–water partition coefficient (Wildman–Crippen LogP) is 2.85. The summed E-state index contributed by atoms with van der Waals surface area (Å²) in [6.45, 7) is 8.92. The average Bonchev–Trinajstić information content (AvgIpc) is 2.27. The van der Waals surface area contributed by atoms with Crippen LogP contribution in [0, 0.1) is 5.92 Å². The molecule has 0 aromatic carbocycles. The quantitative estimate of drug-likeness (QED) is 0.811. The van der Waals surface area contributed by atoms with Crippen molar-refractivity contribution in [3.05, 3.63) is 27.9 Å². The summed E-state index contributed by atoms with van der Waals surface area (Å²) in [5, 5.41) is 0. The molecule has 1 aromatic heterocycles. The molecule has 4 nitrogen and oxygen atoms in total. The van der Waals surface area contributed by atoms with Gasteiger partial charge in [-0.3, -0.25) is 4.79 Å². The van der Waals surface area contributed by atoms with Gasteiger partial charge in [0.2, 0.25) is 0 Å². The molecule has 0 bridgehead atoms. The van der Waals surface area contributed by atoms with E-state index in [4.69, 9.17) is 4.74 Å². The molecule has 0 aliphatic rings. The summed E-state index contributed by atoms with van der Waals surface area (Å²) in [4.78, 5) is 19.0. The van der Waals surface area contributed by atoms with Gasteiger partial charge < -0.3 is 9.72 Å². The van der Waals surface area contributed by atoms with Crippen molar-refractivity contribution in [3.63, 3.8) is 0 Å². The SMILES string of the molecule is CCCC(OCC)c1nc(CC(C)C)cc(=O)[nH]1. The number of aromatic amines is 1. The Hall–Kier alpha value is -1.16. The van der Waals surface area contributed by atoms with E-state index < -0.39 is 0 Å². The minimum absolute atomic E-state index is 0.0866. The molecule has 18 heavy (non-hydrogen) atoms. The van der Waals surface area contributed by atoms with Crippen LogP contribution in [0.1, 0.15) is 58.2 Å². The fourth-order valence-electron chi connectivity index (χ4n) is 1.97. The first kappa shape index (κ1) is 14.9. The molecule has 0 spiro atoms. The van der Waals surface area contributed by atoms with E-state index >= 15 is 0 Å². The maximum atomic E-state index is 11.7. The first-order valence-corrected chi connectivity index (χ1v) is 6.78. The summed E-state index contributed by atoms with van der Waals surface area (Å²) in [6.07, 6.45) is 2.60. The Balaban J connectivity index is 2.98. The number of hydrogen-bond acceptors (Lipinski definition) is 3. The van der Waals surface area contributed by atoms with Gasteiger partial charge >= 0.3 is 0 Å². The topological polar surface area (TPSA) is 55.0 Å². The second kappa shape index (κ2) is 7.31. The van der Waals surface area contributed by atoms with Crippen molar-refractivity contribution in [2.45, 2.75) is 53.1 Å². The second-order valence-corrected chi connectivity index (χ2v) is 4.95. The van der Waals surface area contributed by atoms with Crippen LogP contribution in [-0.2, 0) is 11.2 Å². The van der Waals surface area contributed by atoms with Crippen LogP contribution in [0.5, 0.6) is 0 Å². The molecule has 0 fully saturated rings. The third-order valence-corrected chi connectivity index (χ3v) is 2.65. The maximum absolute atomic E-state index is 11.7. The number of H-pyrrole nitrogens is 1. The van der Waals surface area contributed by atoms with Crippen molar-refractivity contribution in [2.24, 2.45) is 5.92 Å². The number of nitrogens with one attached hydrogen (secondary N) is 1. The minimum Gasteiger partial charge on any atom is -0.371 e. The number of nitrogens with zero attached hydrogens (tertiary/aromatic N) is 1. The summed E-state index contributed by atoms with van der Waals surface area (Å²) in [5.41, 5.74) is 0.765. The molecule has 0 saturated heterocycles. The van der Waals surface area contributed by atoms with Gasteiger partial charge in [0, 0.05) is 18.4 Å². The zero-order valence-corrected chi connectivity index (χ0v) is 11.8. The standard InChI is InChI=1S/C14H24N2O2/c1-5-7-12(18-6-2)14-15-11(8-10(3)4)9-13(17)16-14/h9-10,12H,5-8H2,1-4H3,(H,15,16,17). The third-order valence-electron chi connectivity index (χ3n) is 2.65. The number of hydrogen-bond donors (Lipinski definition) is 1. The van der Waals surface area contributed by atoms with Crippen molar-refractivity contribution < 1.29 is 4.74 Å². The normalized spacial score (nSPS) is 12.9. The Bertz CT molecular complexity index is 407. The van der Waals surface area contributed by atoms with Gasteiger partial charge in [0.05, 0.1) is 0 Å². The van der Waals surface area contributed by atoms with E-state index in [1.54, 1.807) is 6.07 Å². The molecule has 4 heteroatoms. The number of aromatic nitrogens is 2. The van der Waals surface area contributed by atoms with Crippen LogP contribution < -0.4 is 5.56 Å². The van der Waals surface area contributed by atoms with Gasteiger partial charge in [0.1, 0.15) is 11.9 Å². The first-order chi connectivity index (χ1) is 8.56. The molecule has 0 aliphatic carbocycles. The van der Waals surface area contributed by atoms with Gasteiger partial charge in [0.25, 0.3) is 5.56 Å². The highest BCUT2D eigenvalue weighted by Crippen LogP contribution is 2.18. The summed E-state index contributed by atoms with van der Waals surface area (Å²) < 4.78 is 5.65. The molecule has 1 N–H and O–H groups in total. The molecule has 0 radical (unpaired) electrons. The second-order valence-electron chi connectivity index (χ2n) is 4.95. The van der Waals surface area contributed by atoms with Crippen molar-refractivity contribution in [1.82, 2.24) is 9.97 Å². The van der Waals surface area contributed by atoms with Crippen LogP contribution >= 0.6 is 0 Å². The van der Waals surface area contributed by atoms with Gasteiger partial charge in [-0.25, -0.2) is 4.98 Å². The molecule has 1 heterocycles. The van der Waals surface area contributed by atoms with Crippen molar-refractivity contribution in [1.29, 1.82) is 0 Å². The fourth-order valence-corrected chi connectivity index (χ4v) is 1.97. The zero-order chi connectivity index (χ0) is 13.5. The maximum Gasteiger partial charge on any atom is 0.251 e. The molecule has 1 atom stereocenters. The number of rotatable bonds is 7. The van der Waals surface area contributed by atoms with Crippen LogP contribution in [0.3, 0.4) is 0 Å². The lowest BCUT2D eigenvalue weighted by atomic mass is 10.1. The molecular formula is C14H24N2O2. The van der Waals surface area contributed by atoms with E-state index in [9.17, 15) is 4.79 Å². The summed E-state index contributed by atoms with van der Waals surface area (Å²) in [5.74, 6) is 1.16. The van der Waals surface area contributed by atoms with Crippen molar-refractivity contribution in [2.75, 3.05) is 6.61 Å². The van der Waals surface area contributed by atoms with Crippen molar-refractivity contribution in [3.8, 4) is 0 Å². The summed E-state index contributed by atoms with van der Waals surface area (Å²) in [7, 11) is 0. The lowest BCUT2D eigenvalue weighted by Gasteiger charge is -2.16. The first-order valence-electron chi connectivity index (χ1n) is 6.78. The van der Waals surface area contributed by atoms with Gasteiger partial charge in [-0.05, 0) is 25.7 Å². The Kier molecular flexibility index (Phi) is 6.05. The lowest BCUT2D eigenvalue weighted by Crippen LogP contribution is -2.18. The molecular weight excluding hydrogens is 228 g/mol. The van der Waals surface area contributed by atoms with E-state index in [-0.39, 0.29) is 11.7 Å². The van der Waals surface area contributed by atoms with Gasteiger partial charge in [-0.15, -0.1) is 0 Å². The lowest BCUT2D eigenvalue weighted by molar-refractivity contribution is 0.0490. The summed E-state index contributed by atoms with van der Waals surface area (Å²) >= 11 is 0. The number of ether oxygens (including phenoxy) is 1. The fraction of sp³-hybridized carbons (Fsp3) is 0.714. The van der Waals surface area contributed by atoms with E-state index in [1.165, 1.54) is 0 Å². The average molecular weight is 252 g/mol. The van der Waals surface area contributed by atoms with Gasteiger partial charge in [-0.2, -0.15) is 0 Å². The Morgan fingerprint density at radius 3 is 2.67 bits per heavy atom. The Morgan fingerprint density at radius 1 is 1.39 bits per heavy atom. The Morgan fingerprint density at radius 2 is 2.11 bits per heavy atom. The van der Waals surface area contributed by atoms with Crippen LogP contribution in [-0.4, -0.2) is 16.6 Å².